The molecule has 0 aromatic heterocycles. The summed E-state index contributed by atoms with van der Waals surface area (Å²) in [7, 11) is 0. The highest BCUT2D eigenvalue weighted by atomic mass is 16.5. The maximum atomic E-state index is 10.3. The van der Waals surface area contributed by atoms with Gasteiger partial charge in [0.1, 0.15) is 6.10 Å². The Labute approximate surface area is 59.6 Å². The summed E-state index contributed by atoms with van der Waals surface area (Å²) in [5.74, 6) is -0.134. The van der Waals surface area contributed by atoms with Gasteiger partial charge in [0.15, 0.2) is 0 Å². The number of nitriles is 1. The first kappa shape index (κ1) is 7.07. The van der Waals surface area contributed by atoms with Gasteiger partial charge in [-0.1, -0.05) is 0 Å². The quantitative estimate of drug-likeness (QED) is 0.506. The van der Waals surface area contributed by atoms with Crippen molar-refractivity contribution in [1.29, 1.82) is 5.26 Å². The molecule has 1 aliphatic carbocycles. The number of esters is 1. The van der Waals surface area contributed by atoms with E-state index in [-0.39, 0.29) is 18.0 Å². The number of rotatable bonds is 1. The van der Waals surface area contributed by atoms with Crippen molar-refractivity contribution >= 4 is 5.97 Å². The van der Waals surface area contributed by atoms with Gasteiger partial charge in [-0.3, -0.25) is 4.79 Å². The molecule has 0 aromatic rings. The second kappa shape index (κ2) is 2.70. The Morgan fingerprint density at radius 2 is 2.30 bits per heavy atom. The molecule has 0 bridgehead atoms. The smallest absolute Gasteiger partial charge is 0.302 e. The van der Waals surface area contributed by atoms with Gasteiger partial charge in [0.25, 0.3) is 0 Å². The number of carbonyl (C=O) groups excluding carboxylic acids is 1. The summed E-state index contributed by atoms with van der Waals surface area (Å²) < 4.78 is 4.83. The summed E-state index contributed by atoms with van der Waals surface area (Å²) in [6.45, 7) is 1.39. The van der Waals surface area contributed by atoms with Gasteiger partial charge in [-0.2, -0.15) is 5.26 Å². The van der Waals surface area contributed by atoms with Crippen LogP contribution in [0.25, 0.3) is 0 Å². The first-order valence-corrected chi connectivity index (χ1v) is 3.29. The largest absolute Gasteiger partial charge is 0.462 e. The number of hydrogen-bond acceptors (Lipinski definition) is 3. The number of hydrogen-bond donors (Lipinski definition) is 0. The zero-order chi connectivity index (χ0) is 7.56. The van der Waals surface area contributed by atoms with Crippen LogP contribution in [0.3, 0.4) is 0 Å². The van der Waals surface area contributed by atoms with Gasteiger partial charge in [0, 0.05) is 19.8 Å². The molecule has 0 radical (unpaired) electrons. The van der Waals surface area contributed by atoms with Gasteiger partial charge in [-0.25, -0.2) is 0 Å². The van der Waals surface area contributed by atoms with Crippen LogP contribution in [-0.4, -0.2) is 12.1 Å². The van der Waals surface area contributed by atoms with Crippen molar-refractivity contribution in [3.63, 3.8) is 0 Å². The Morgan fingerprint density at radius 1 is 1.70 bits per heavy atom. The third-order valence-corrected chi connectivity index (χ3v) is 1.61. The second-order valence-corrected chi connectivity index (χ2v) is 2.53. The monoisotopic (exact) mass is 139 g/mol. The fourth-order valence-corrected chi connectivity index (χ4v) is 1.00. The lowest BCUT2D eigenvalue weighted by molar-refractivity contribution is -0.151. The summed E-state index contributed by atoms with van der Waals surface area (Å²) in [5, 5.41) is 8.35. The van der Waals surface area contributed by atoms with E-state index in [1.165, 1.54) is 6.92 Å². The number of nitrogens with zero attached hydrogens (tertiary/aromatic N) is 1. The molecule has 0 unspecified atom stereocenters. The SMILES string of the molecule is CC(=O)OC1CC(C#N)C1. The first-order chi connectivity index (χ1) is 4.72. The van der Waals surface area contributed by atoms with Crippen molar-refractivity contribution in [3.8, 4) is 6.07 Å². The number of ether oxygens (including phenoxy) is 1. The summed E-state index contributed by atoms with van der Waals surface area (Å²) in [4.78, 5) is 10.3. The average molecular weight is 139 g/mol. The molecule has 54 valence electrons. The van der Waals surface area contributed by atoms with Gasteiger partial charge < -0.3 is 4.74 Å². The highest BCUT2D eigenvalue weighted by Gasteiger charge is 2.31. The molecule has 1 rings (SSSR count). The van der Waals surface area contributed by atoms with Gasteiger partial charge in [-0.05, 0) is 0 Å². The van der Waals surface area contributed by atoms with E-state index in [0.717, 1.165) is 12.8 Å². The minimum atomic E-state index is -0.249. The maximum absolute atomic E-state index is 10.3. The molecular weight excluding hydrogens is 130 g/mol. The van der Waals surface area contributed by atoms with Crippen molar-refractivity contribution in [3.05, 3.63) is 0 Å². The first-order valence-electron chi connectivity index (χ1n) is 3.29. The topological polar surface area (TPSA) is 50.1 Å². The molecule has 3 nitrogen and oxygen atoms in total. The molecule has 1 fully saturated rings. The average Bonchev–Trinajstić information content (AvgIpc) is 1.76. The zero-order valence-corrected chi connectivity index (χ0v) is 5.83. The Kier molecular flexibility index (Phi) is 1.91. The molecule has 1 aliphatic rings. The highest BCUT2D eigenvalue weighted by Crippen LogP contribution is 2.28. The standard InChI is InChI=1S/C7H9NO2/c1-5(9)10-7-2-6(3-7)4-8/h6-7H,2-3H2,1H3. The van der Waals surface area contributed by atoms with Gasteiger partial charge >= 0.3 is 5.97 Å². The lowest BCUT2D eigenvalue weighted by atomic mass is 9.83. The molecule has 0 saturated heterocycles. The van der Waals surface area contributed by atoms with Crippen LogP contribution in [-0.2, 0) is 9.53 Å². The van der Waals surface area contributed by atoms with Crippen molar-refractivity contribution in [1.82, 2.24) is 0 Å². The summed E-state index contributed by atoms with van der Waals surface area (Å²) >= 11 is 0. The number of carbonyl (C=O) groups is 1. The van der Waals surface area contributed by atoms with Crippen LogP contribution in [0.15, 0.2) is 0 Å². The predicted octanol–water partition coefficient (Wildman–Crippen LogP) is 0.852. The Morgan fingerprint density at radius 3 is 2.70 bits per heavy atom. The molecule has 1 saturated carbocycles. The van der Waals surface area contributed by atoms with E-state index in [0.29, 0.717) is 0 Å². The molecule has 10 heavy (non-hydrogen) atoms. The van der Waals surface area contributed by atoms with Crippen LogP contribution < -0.4 is 0 Å². The summed E-state index contributed by atoms with van der Waals surface area (Å²) in [6, 6.07) is 2.11. The van der Waals surface area contributed by atoms with Gasteiger partial charge in [0.2, 0.25) is 0 Å². The third kappa shape index (κ3) is 1.47. The van der Waals surface area contributed by atoms with E-state index in [4.69, 9.17) is 10.00 Å². The minimum Gasteiger partial charge on any atom is -0.462 e. The molecule has 0 atom stereocenters. The normalized spacial score (nSPS) is 30.0. The van der Waals surface area contributed by atoms with Crippen LogP contribution in [0.2, 0.25) is 0 Å². The fourth-order valence-electron chi connectivity index (χ4n) is 1.00. The lowest BCUT2D eigenvalue weighted by Crippen LogP contribution is -2.31. The Hall–Kier alpha value is -1.04. The van der Waals surface area contributed by atoms with Crippen LogP contribution in [0.1, 0.15) is 19.8 Å². The Bertz CT molecular complexity index is 177. The van der Waals surface area contributed by atoms with E-state index in [2.05, 4.69) is 6.07 Å². The summed E-state index contributed by atoms with van der Waals surface area (Å²) in [5.41, 5.74) is 0. The highest BCUT2D eigenvalue weighted by molar-refractivity contribution is 5.66. The van der Waals surface area contributed by atoms with E-state index in [9.17, 15) is 4.79 Å². The van der Waals surface area contributed by atoms with Crippen molar-refractivity contribution in [2.75, 3.05) is 0 Å². The molecule has 0 amide bonds. The van der Waals surface area contributed by atoms with Crippen LogP contribution in [0, 0.1) is 17.2 Å². The molecule has 0 aromatic carbocycles. The molecular formula is C7H9NO2. The summed E-state index contributed by atoms with van der Waals surface area (Å²) in [6.07, 6.45) is 1.45. The molecule has 0 N–H and O–H groups in total. The molecule has 0 spiro atoms. The van der Waals surface area contributed by atoms with Crippen LogP contribution >= 0.6 is 0 Å². The van der Waals surface area contributed by atoms with E-state index in [1.807, 2.05) is 0 Å². The Balaban J connectivity index is 2.16. The van der Waals surface area contributed by atoms with E-state index in [1.54, 1.807) is 0 Å². The van der Waals surface area contributed by atoms with Crippen molar-refractivity contribution < 1.29 is 9.53 Å². The molecule has 3 heteroatoms. The van der Waals surface area contributed by atoms with Crippen molar-refractivity contribution in [2.45, 2.75) is 25.9 Å². The van der Waals surface area contributed by atoms with Crippen LogP contribution in [0.5, 0.6) is 0 Å². The third-order valence-electron chi connectivity index (χ3n) is 1.61. The van der Waals surface area contributed by atoms with E-state index >= 15 is 0 Å². The zero-order valence-electron chi connectivity index (χ0n) is 5.83. The van der Waals surface area contributed by atoms with Gasteiger partial charge in [0.05, 0.1) is 12.0 Å². The molecule has 0 aliphatic heterocycles. The van der Waals surface area contributed by atoms with Gasteiger partial charge in [-0.15, -0.1) is 0 Å². The molecule has 0 heterocycles. The maximum Gasteiger partial charge on any atom is 0.302 e. The second-order valence-electron chi connectivity index (χ2n) is 2.53. The van der Waals surface area contributed by atoms with E-state index < -0.39 is 0 Å². The fraction of sp³-hybridized carbons (Fsp3) is 0.714. The van der Waals surface area contributed by atoms with Crippen molar-refractivity contribution in [2.24, 2.45) is 5.92 Å². The predicted molar refractivity (Wildman–Crippen MR) is 33.9 cm³/mol. The minimum absolute atomic E-state index is 0.0159. The van der Waals surface area contributed by atoms with Crippen LogP contribution in [0.4, 0.5) is 0 Å². The lowest BCUT2D eigenvalue weighted by Gasteiger charge is -2.29.